The van der Waals surface area contributed by atoms with Gasteiger partial charge in [-0.25, -0.2) is 0 Å². The van der Waals surface area contributed by atoms with Crippen LogP contribution in [0.15, 0.2) is 34.7 Å². The molecule has 1 heterocycles. The summed E-state index contributed by atoms with van der Waals surface area (Å²) in [7, 11) is 0. The molecule has 7 nitrogen and oxygen atoms in total. The summed E-state index contributed by atoms with van der Waals surface area (Å²) in [6.07, 6.45) is 1.15. The molecule has 2 amide bonds. The fourth-order valence-corrected chi connectivity index (χ4v) is 3.81. The minimum atomic E-state index is -0.417. The third kappa shape index (κ3) is 7.01. The van der Waals surface area contributed by atoms with Crippen molar-refractivity contribution in [2.45, 2.75) is 30.6 Å². The quantitative estimate of drug-likeness (QED) is 0.568. The van der Waals surface area contributed by atoms with Gasteiger partial charge in [0.05, 0.1) is 5.75 Å². The summed E-state index contributed by atoms with van der Waals surface area (Å²) < 4.78 is 0.742. The Morgan fingerprint density at radius 1 is 1.27 bits per heavy atom. The van der Waals surface area contributed by atoms with E-state index in [1.54, 1.807) is 4.90 Å². The largest absolute Gasteiger partial charge is 0.370 e. The number of anilines is 1. The maximum atomic E-state index is 12.6. The second kappa shape index (κ2) is 10.8. The van der Waals surface area contributed by atoms with Crippen molar-refractivity contribution < 1.29 is 9.59 Å². The minimum absolute atomic E-state index is 0.0571. The first-order valence-corrected chi connectivity index (χ1v) is 10.2. The molecule has 0 aliphatic carbocycles. The topological polar surface area (TPSA) is 101 Å². The normalized spacial score (nSPS) is 10.5. The SMILES string of the molecule is CCCNc1nnc(SCC(=O)N(CCC(N)=O)Cc2ccccc2)s1. The number of hydrogen-bond acceptors (Lipinski definition) is 7. The highest BCUT2D eigenvalue weighted by Gasteiger charge is 2.16. The van der Waals surface area contributed by atoms with Crippen molar-refractivity contribution in [2.75, 3.05) is 24.2 Å². The van der Waals surface area contributed by atoms with Gasteiger partial charge in [0.2, 0.25) is 16.9 Å². The number of nitrogens with zero attached hydrogens (tertiary/aromatic N) is 3. The maximum Gasteiger partial charge on any atom is 0.233 e. The zero-order valence-electron chi connectivity index (χ0n) is 14.7. The first kappa shape index (κ1) is 20.2. The van der Waals surface area contributed by atoms with Crippen LogP contribution in [0, 0.1) is 0 Å². The van der Waals surface area contributed by atoms with Crippen molar-refractivity contribution in [3.05, 3.63) is 35.9 Å². The van der Waals surface area contributed by atoms with Crippen LogP contribution < -0.4 is 11.1 Å². The van der Waals surface area contributed by atoms with Gasteiger partial charge in [0.1, 0.15) is 0 Å². The summed E-state index contributed by atoms with van der Waals surface area (Å²) in [5.74, 6) is -0.230. The van der Waals surface area contributed by atoms with E-state index in [4.69, 9.17) is 5.73 Å². The summed E-state index contributed by atoms with van der Waals surface area (Å²) in [6, 6.07) is 9.68. The summed E-state index contributed by atoms with van der Waals surface area (Å²) in [5, 5.41) is 12.1. The molecule has 0 aliphatic rings. The van der Waals surface area contributed by atoms with E-state index in [2.05, 4.69) is 22.4 Å². The van der Waals surface area contributed by atoms with E-state index < -0.39 is 5.91 Å². The van der Waals surface area contributed by atoms with E-state index in [9.17, 15) is 9.59 Å². The molecule has 1 aromatic heterocycles. The van der Waals surface area contributed by atoms with Gasteiger partial charge in [-0.2, -0.15) is 0 Å². The van der Waals surface area contributed by atoms with Crippen molar-refractivity contribution in [3.63, 3.8) is 0 Å². The number of primary amides is 1. The number of carbonyl (C=O) groups is 2. The van der Waals surface area contributed by atoms with Crippen LogP contribution >= 0.6 is 23.1 Å². The lowest BCUT2D eigenvalue weighted by Crippen LogP contribution is -2.34. The molecule has 0 unspecified atom stereocenters. The molecule has 0 saturated carbocycles. The first-order chi connectivity index (χ1) is 12.6. The summed E-state index contributed by atoms with van der Waals surface area (Å²) in [6.45, 7) is 3.68. The van der Waals surface area contributed by atoms with E-state index in [-0.39, 0.29) is 18.1 Å². The Balaban J connectivity index is 1.92. The van der Waals surface area contributed by atoms with Gasteiger partial charge in [-0.15, -0.1) is 10.2 Å². The van der Waals surface area contributed by atoms with Crippen molar-refractivity contribution in [1.29, 1.82) is 0 Å². The molecule has 0 saturated heterocycles. The average Bonchev–Trinajstić information content (AvgIpc) is 3.10. The summed E-state index contributed by atoms with van der Waals surface area (Å²) >= 11 is 2.79. The van der Waals surface area contributed by atoms with Gasteiger partial charge < -0.3 is 16.0 Å². The zero-order chi connectivity index (χ0) is 18.8. The number of thioether (sulfide) groups is 1. The number of rotatable bonds is 11. The maximum absolute atomic E-state index is 12.6. The molecule has 2 rings (SSSR count). The number of nitrogens with one attached hydrogen (secondary N) is 1. The molecular formula is C17H23N5O2S2. The van der Waals surface area contributed by atoms with Crippen LogP contribution in [-0.2, 0) is 16.1 Å². The van der Waals surface area contributed by atoms with Crippen LogP contribution in [-0.4, -0.2) is 45.8 Å². The summed E-state index contributed by atoms with van der Waals surface area (Å²) in [5.41, 5.74) is 6.25. The molecule has 140 valence electrons. The Bertz CT molecular complexity index is 708. The Kier molecular flexibility index (Phi) is 8.36. The van der Waals surface area contributed by atoms with Gasteiger partial charge >= 0.3 is 0 Å². The molecule has 1 aromatic carbocycles. The van der Waals surface area contributed by atoms with E-state index in [1.165, 1.54) is 23.1 Å². The standard InChI is InChI=1S/C17H23N5O2S2/c1-2-9-19-16-20-21-17(26-16)25-12-15(24)22(10-8-14(18)23)11-13-6-4-3-5-7-13/h3-7H,2,8-12H2,1H3,(H2,18,23)(H,19,20). The second-order valence-corrected chi connectivity index (χ2v) is 7.81. The molecule has 0 aliphatic heterocycles. The van der Waals surface area contributed by atoms with E-state index in [0.29, 0.717) is 13.1 Å². The molecule has 3 N–H and O–H groups in total. The molecule has 0 fully saturated rings. The Hall–Kier alpha value is -2.13. The number of aromatic nitrogens is 2. The van der Waals surface area contributed by atoms with Crippen LogP contribution in [0.3, 0.4) is 0 Å². The van der Waals surface area contributed by atoms with Crippen LogP contribution in [0.4, 0.5) is 5.13 Å². The molecule has 26 heavy (non-hydrogen) atoms. The first-order valence-electron chi connectivity index (χ1n) is 8.38. The van der Waals surface area contributed by atoms with Gasteiger partial charge in [-0.3, -0.25) is 9.59 Å². The van der Waals surface area contributed by atoms with Gasteiger partial charge in [0.15, 0.2) is 4.34 Å². The Morgan fingerprint density at radius 2 is 2.04 bits per heavy atom. The highest BCUT2D eigenvalue weighted by Crippen LogP contribution is 2.25. The predicted molar refractivity (Wildman–Crippen MR) is 105 cm³/mol. The van der Waals surface area contributed by atoms with Gasteiger partial charge in [0, 0.05) is 26.1 Å². The molecule has 2 aromatic rings. The van der Waals surface area contributed by atoms with Gasteiger partial charge in [0.25, 0.3) is 0 Å². The summed E-state index contributed by atoms with van der Waals surface area (Å²) in [4.78, 5) is 25.4. The number of benzene rings is 1. The smallest absolute Gasteiger partial charge is 0.233 e. The van der Waals surface area contributed by atoms with Gasteiger partial charge in [-0.1, -0.05) is 60.4 Å². The molecule has 0 bridgehead atoms. The lowest BCUT2D eigenvalue weighted by Gasteiger charge is -2.22. The predicted octanol–water partition coefficient (Wildman–Crippen LogP) is 2.36. The monoisotopic (exact) mass is 393 g/mol. The number of amides is 2. The van der Waals surface area contributed by atoms with Crippen molar-refractivity contribution in [1.82, 2.24) is 15.1 Å². The highest BCUT2D eigenvalue weighted by molar-refractivity contribution is 8.01. The average molecular weight is 394 g/mol. The lowest BCUT2D eigenvalue weighted by atomic mass is 10.2. The highest BCUT2D eigenvalue weighted by atomic mass is 32.2. The van der Waals surface area contributed by atoms with E-state index >= 15 is 0 Å². The number of carbonyl (C=O) groups excluding carboxylic acids is 2. The second-order valence-electron chi connectivity index (χ2n) is 5.61. The molecule has 9 heteroatoms. The molecule has 0 spiro atoms. The van der Waals surface area contributed by atoms with Crippen molar-refractivity contribution >= 4 is 40.0 Å². The van der Waals surface area contributed by atoms with Crippen LogP contribution in [0.2, 0.25) is 0 Å². The fourth-order valence-electron chi connectivity index (χ4n) is 2.13. The number of hydrogen-bond donors (Lipinski definition) is 2. The molecule has 0 radical (unpaired) electrons. The zero-order valence-corrected chi connectivity index (χ0v) is 16.3. The number of nitrogens with two attached hydrogens (primary N) is 1. The van der Waals surface area contributed by atoms with Crippen LogP contribution in [0.25, 0.3) is 0 Å². The third-order valence-corrected chi connectivity index (χ3v) is 5.45. The van der Waals surface area contributed by atoms with Crippen molar-refractivity contribution in [3.8, 4) is 0 Å². The lowest BCUT2D eigenvalue weighted by molar-refractivity contribution is -0.129. The Labute approximate surface area is 161 Å². The van der Waals surface area contributed by atoms with E-state index in [0.717, 1.165) is 28.0 Å². The minimum Gasteiger partial charge on any atom is -0.370 e. The van der Waals surface area contributed by atoms with Crippen molar-refractivity contribution in [2.24, 2.45) is 5.73 Å². The Morgan fingerprint density at radius 3 is 2.73 bits per heavy atom. The van der Waals surface area contributed by atoms with E-state index in [1.807, 2.05) is 30.3 Å². The van der Waals surface area contributed by atoms with Crippen LogP contribution in [0.5, 0.6) is 0 Å². The third-order valence-electron chi connectivity index (χ3n) is 3.45. The fraction of sp³-hybridized carbons (Fsp3) is 0.412. The van der Waals surface area contributed by atoms with Gasteiger partial charge in [-0.05, 0) is 12.0 Å². The van der Waals surface area contributed by atoms with Crippen LogP contribution in [0.1, 0.15) is 25.3 Å². The molecule has 0 atom stereocenters. The molecular weight excluding hydrogens is 370 g/mol.